The van der Waals surface area contributed by atoms with E-state index in [1.165, 1.54) is 16.8 Å². The Morgan fingerprint density at radius 1 is 1.56 bits per heavy atom. The highest BCUT2D eigenvalue weighted by molar-refractivity contribution is 7.89. The molecule has 0 aliphatic rings. The van der Waals surface area contributed by atoms with Gasteiger partial charge in [0.15, 0.2) is 5.03 Å². The number of likely N-dealkylation sites (N-methyl/N-ethyl adjacent to an activating group) is 2. The van der Waals surface area contributed by atoms with E-state index in [1.54, 1.807) is 25.7 Å². The first kappa shape index (κ1) is 15.4. The van der Waals surface area contributed by atoms with Gasteiger partial charge in [-0.2, -0.15) is 4.31 Å². The van der Waals surface area contributed by atoms with Crippen LogP contribution in [0.3, 0.4) is 0 Å². The molecule has 1 aromatic rings. The standard InChI is InChI=1S/C8H16N4O2S.ClH/c1-9-4-5-12(3)15(13,14)8-6-11(2)7-10-8;/h6-7,9H,4-5H2,1-3H3;1H. The summed E-state index contributed by atoms with van der Waals surface area (Å²) in [5.74, 6) is 0. The normalized spacial score (nSPS) is 11.5. The average Bonchev–Trinajstić information content (AvgIpc) is 2.61. The number of aromatic nitrogens is 2. The molecule has 0 unspecified atom stereocenters. The average molecular weight is 269 g/mol. The van der Waals surface area contributed by atoms with Gasteiger partial charge in [0.05, 0.1) is 6.33 Å². The molecule has 0 bridgehead atoms. The molecule has 0 amide bonds. The van der Waals surface area contributed by atoms with Crippen molar-refractivity contribution in [3.63, 3.8) is 0 Å². The molecule has 1 aromatic heterocycles. The topological polar surface area (TPSA) is 67.2 Å². The molecule has 0 saturated carbocycles. The van der Waals surface area contributed by atoms with Crippen molar-refractivity contribution in [2.45, 2.75) is 5.03 Å². The minimum atomic E-state index is -3.43. The van der Waals surface area contributed by atoms with Crippen LogP contribution in [-0.2, 0) is 17.1 Å². The minimum Gasteiger partial charge on any atom is -0.339 e. The summed E-state index contributed by atoms with van der Waals surface area (Å²) >= 11 is 0. The summed E-state index contributed by atoms with van der Waals surface area (Å²) in [6, 6.07) is 0. The number of nitrogens with zero attached hydrogens (tertiary/aromatic N) is 3. The maximum absolute atomic E-state index is 11.9. The van der Waals surface area contributed by atoms with Crippen LogP contribution < -0.4 is 5.32 Å². The van der Waals surface area contributed by atoms with Gasteiger partial charge in [-0.05, 0) is 7.05 Å². The Balaban J connectivity index is 0.00000225. The Morgan fingerprint density at radius 3 is 2.62 bits per heavy atom. The van der Waals surface area contributed by atoms with Crippen molar-refractivity contribution in [3.8, 4) is 0 Å². The van der Waals surface area contributed by atoms with Crippen molar-refractivity contribution in [3.05, 3.63) is 12.5 Å². The molecule has 0 aliphatic heterocycles. The zero-order valence-electron chi connectivity index (χ0n) is 9.54. The maximum Gasteiger partial charge on any atom is 0.261 e. The fourth-order valence-electron chi connectivity index (χ4n) is 1.07. The van der Waals surface area contributed by atoms with Crippen LogP contribution in [0, 0.1) is 0 Å². The van der Waals surface area contributed by atoms with Gasteiger partial charge in [-0.25, -0.2) is 13.4 Å². The third-order valence-electron chi connectivity index (χ3n) is 2.03. The van der Waals surface area contributed by atoms with E-state index in [0.717, 1.165) is 0 Å². The summed E-state index contributed by atoms with van der Waals surface area (Å²) in [4.78, 5) is 3.83. The summed E-state index contributed by atoms with van der Waals surface area (Å²) in [7, 11) is 1.63. The Hall–Kier alpha value is -0.630. The van der Waals surface area contributed by atoms with Crippen molar-refractivity contribution in [1.82, 2.24) is 19.2 Å². The highest BCUT2D eigenvalue weighted by Crippen LogP contribution is 2.09. The summed E-state index contributed by atoms with van der Waals surface area (Å²) < 4.78 is 26.6. The molecule has 6 nitrogen and oxygen atoms in total. The SMILES string of the molecule is CNCCN(C)S(=O)(=O)c1cn(C)cn1.Cl. The number of halogens is 1. The van der Waals surface area contributed by atoms with E-state index >= 15 is 0 Å². The van der Waals surface area contributed by atoms with Gasteiger partial charge in [0, 0.05) is 33.4 Å². The zero-order valence-corrected chi connectivity index (χ0v) is 11.2. The molecule has 16 heavy (non-hydrogen) atoms. The van der Waals surface area contributed by atoms with E-state index in [-0.39, 0.29) is 17.4 Å². The highest BCUT2D eigenvalue weighted by atomic mass is 35.5. The predicted molar refractivity (Wildman–Crippen MR) is 64.2 cm³/mol. The highest BCUT2D eigenvalue weighted by Gasteiger charge is 2.22. The van der Waals surface area contributed by atoms with E-state index in [4.69, 9.17) is 0 Å². The number of hydrogen-bond acceptors (Lipinski definition) is 4. The first-order valence-electron chi connectivity index (χ1n) is 4.57. The van der Waals surface area contributed by atoms with Crippen LogP contribution >= 0.6 is 12.4 Å². The van der Waals surface area contributed by atoms with Gasteiger partial charge in [0.1, 0.15) is 0 Å². The Morgan fingerprint density at radius 2 is 2.19 bits per heavy atom. The lowest BCUT2D eigenvalue weighted by atomic mass is 10.6. The summed E-state index contributed by atoms with van der Waals surface area (Å²) in [5.41, 5.74) is 0. The van der Waals surface area contributed by atoms with Crippen molar-refractivity contribution < 1.29 is 8.42 Å². The monoisotopic (exact) mass is 268 g/mol. The van der Waals surface area contributed by atoms with E-state index in [2.05, 4.69) is 10.3 Å². The van der Waals surface area contributed by atoms with Gasteiger partial charge in [-0.15, -0.1) is 12.4 Å². The Labute approximate surface area is 102 Å². The van der Waals surface area contributed by atoms with Crippen LogP contribution in [0.25, 0.3) is 0 Å². The summed E-state index contributed by atoms with van der Waals surface area (Å²) in [6.07, 6.45) is 2.96. The van der Waals surface area contributed by atoms with Crippen molar-refractivity contribution >= 4 is 22.4 Å². The minimum absolute atomic E-state index is 0. The van der Waals surface area contributed by atoms with Crippen LogP contribution in [-0.4, -0.2) is 49.5 Å². The van der Waals surface area contributed by atoms with E-state index < -0.39 is 10.0 Å². The van der Waals surface area contributed by atoms with Crippen molar-refractivity contribution in [2.75, 3.05) is 27.2 Å². The van der Waals surface area contributed by atoms with Crippen LogP contribution in [0.1, 0.15) is 0 Å². The van der Waals surface area contributed by atoms with Crippen molar-refractivity contribution in [2.24, 2.45) is 7.05 Å². The number of imidazole rings is 1. The molecule has 94 valence electrons. The number of nitrogens with one attached hydrogen (secondary N) is 1. The molecule has 1 N–H and O–H groups in total. The second-order valence-electron chi connectivity index (χ2n) is 3.31. The zero-order chi connectivity index (χ0) is 11.5. The Kier molecular flexibility index (Phi) is 5.95. The van der Waals surface area contributed by atoms with Gasteiger partial charge in [0.25, 0.3) is 10.0 Å². The van der Waals surface area contributed by atoms with E-state index in [0.29, 0.717) is 13.1 Å². The van der Waals surface area contributed by atoms with E-state index in [1.807, 2.05) is 0 Å². The summed E-state index contributed by atoms with van der Waals surface area (Å²) in [5, 5.41) is 2.98. The van der Waals surface area contributed by atoms with Crippen LogP contribution in [0.4, 0.5) is 0 Å². The van der Waals surface area contributed by atoms with Gasteiger partial charge in [-0.1, -0.05) is 0 Å². The van der Waals surface area contributed by atoms with Crippen molar-refractivity contribution in [1.29, 1.82) is 0 Å². The second kappa shape index (κ2) is 6.19. The molecule has 0 saturated heterocycles. The molecule has 0 aromatic carbocycles. The molecule has 0 radical (unpaired) electrons. The molecule has 0 spiro atoms. The fraction of sp³-hybridized carbons (Fsp3) is 0.625. The lowest BCUT2D eigenvalue weighted by Gasteiger charge is -2.14. The molecule has 8 heteroatoms. The third kappa shape index (κ3) is 3.44. The third-order valence-corrected chi connectivity index (χ3v) is 3.78. The number of sulfonamides is 1. The fourth-order valence-corrected chi connectivity index (χ4v) is 2.20. The van der Waals surface area contributed by atoms with Crippen LogP contribution in [0.5, 0.6) is 0 Å². The largest absolute Gasteiger partial charge is 0.339 e. The molecular weight excluding hydrogens is 252 g/mol. The number of rotatable bonds is 5. The van der Waals surface area contributed by atoms with Gasteiger partial charge >= 0.3 is 0 Å². The van der Waals surface area contributed by atoms with Crippen LogP contribution in [0.2, 0.25) is 0 Å². The molecule has 0 aliphatic carbocycles. The summed E-state index contributed by atoms with van der Waals surface area (Å²) in [6.45, 7) is 1.04. The lowest BCUT2D eigenvalue weighted by molar-refractivity contribution is 0.463. The molecule has 1 heterocycles. The van der Waals surface area contributed by atoms with Crippen LogP contribution in [0.15, 0.2) is 17.6 Å². The number of aryl methyl sites for hydroxylation is 1. The smallest absolute Gasteiger partial charge is 0.261 e. The first-order chi connectivity index (χ1) is 6.98. The number of hydrogen-bond donors (Lipinski definition) is 1. The molecule has 0 fully saturated rings. The molecule has 0 atom stereocenters. The maximum atomic E-state index is 11.9. The first-order valence-corrected chi connectivity index (χ1v) is 6.01. The van der Waals surface area contributed by atoms with Gasteiger partial charge < -0.3 is 9.88 Å². The van der Waals surface area contributed by atoms with Gasteiger partial charge in [0.2, 0.25) is 0 Å². The molecule has 1 rings (SSSR count). The predicted octanol–water partition coefficient (Wildman–Crippen LogP) is -0.318. The Bertz CT molecular complexity index is 417. The van der Waals surface area contributed by atoms with Gasteiger partial charge in [-0.3, -0.25) is 0 Å². The molecular formula is C8H17ClN4O2S. The quantitative estimate of drug-likeness (QED) is 0.795. The lowest BCUT2D eigenvalue weighted by Crippen LogP contribution is -2.33. The van der Waals surface area contributed by atoms with E-state index in [9.17, 15) is 8.42 Å². The second-order valence-corrected chi connectivity index (χ2v) is 5.30.